The van der Waals surface area contributed by atoms with Gasteiger partial charge in [-0.2, -0.15) is 13.2 Å². The predicted molar refractivity (Wildman–Crippen MR) is 141 cm³/mol. The molecule has 2 saturated heterocycles. The Hall–Kier alpha value is -2.96. The second-order valence-electron chi connectivity index (χ2n) is 10.2. The van der Waals surface area contributed by atoms with Crippen LogP contribution in [0.25, 0.3) is 0 Å². The van der Waals surface area contributed by atoms with Crippen molar-refractivity contribution in [3.8, 4) is 0 Å². The van der Waals surface area contributed by atoms with Gasteiger partial charge in [-0.1, -0.05) is 12.7 Å². The number of rotatable bonds is 10. The molecule has 9 nitrogen and oxygen atoms in total. The average molecular weight is 537 g/mol. The van der Waals surface area contributed by atoms with Gasteiger partial charge in [-0.3, -0.25) is 15.4 Å². The standard InChI is InChI=1S/C26H39F3N8O/c1-17(20-5-6-21(36(20)4)18-7-10-33-22(13-18)34-16-26(27,28)29)35-19(14-30-2)23(31-3)37-12-9-25(24(37)38)8-11-32-15-25/h5,7,10,13-14,21-23,30-35H,1,6,8-9,11-12,15-16H2,2-4H3/b19-14+. The highest BCUT2D eigenvalue weighted by molar-refractivity contribution is 5.86. The highest BCUT2D eigenvalue weighted by Gasteiger charge is 2.50. The summed E-state index contributed by atoms with van der Waals surface area (Å²) in [7, 11) is 5.59. The first-order valence-corrected chi connectivity index (χ1v) is 13.0. The van der Waals surface area contributed by atoms with Crippen LogP contribution < -0.4 is 31.9 Å². The van der Waals surface area contributed by atoms with Crippen LogP contribution in [-0.4, -0.2) is 87.6 Å². The molecule has 4 heterocycles. The second-order valence-corrected chi connectivity index (χ2v) is 10.2. The highest BCUT2D eigenvalue weighted by atomic mass is 19.4. The van der Waals surface area contributed by atoms with Crippen LogP contribution in [-0.2, 0) is 4.79 Å². The zero-order chi connectivity index (χ0) is 27.5. The summed E-state index contributed by atoms with van der Waals surface area (Å²) in [5, 5.41) is 18.5. The predicted octanol–water partition coefficient (Wildman–Crippen LogP) is 1.02. The van der Waals surface area contributed by atoms with Crippen LogP contribution in [0.2, 0.25) is 0 Å². The maximum atomic E-state index is 13.4. The molecule has 1 spiro atoms. The van der Waals surface area contributed by atoms with E-state index in [9.17, 15) is 18.0 Å². The van der Waals surface area contributed by atoms with Crippen LogP contribution in [0.15, 0.2) is 59.9 Å². The maximum absolute atomic E-state index is 13.4. The van der Waals surface area contributed by atoms with E-state index in [2.05, 4.69) is 49.5 Å². The van der Waals surface area contributed by atoms with Gasteiger partial charge >= 0.3 is 6.18 Å². The molecule has 0 bridgehead atoms. The third-order valence-corrected chi connectivity index (χ3v) is 7.77. The summed E-state index contributed by atoms with van der Waals surface area (Å²) in [6.07, 6.45) is 6.39. The van der Waals surface area contributed by atoms with Crippen molar-refractivity contribution in [2.45, 2.75) is 43.8 Å². The molecule has 4 aliphatic rings. The van der Waals surface area contributed by atoms with Crippen molar-refractivity contribution in [2.75, 3.05) is 47.3 Å². The van der Waals surface area contributed by atoms with Gasteiger partial charge < -0.3 is 31.1 Å². The van der Waals surface area contributed by atoms with Gasteiger partial charge in [-0.15, -0.1) is 0 Å². The summed E-state index contributed by atoms with van der Waals surface area (Å²) in [5.41, 5.74) is 2.93. The van der Waals surface area contributed by atoms with Crippen LogP contribution in [0.4, 0.5) is 13.2 Å². The van der Waals surface area contributed by atoms with E-state index >= 15 is 0 Å². The number of carbonyl (C=O) groups excluding carboxylic acids is 1. The van der Waals surface area contributed by atoms with Crippen LogP contribution in [0.1, 0.15) is 19.3 Å². The maximum Gasteiger partial charge on any atom is 0.401 e. The second kappa shape index (κ2) is 11.4. The summed E-state index contributed by atoms with van der Waals surface area (Å²) in [6.45, 7) is 5.45. The van der Waals surface area contributed by atoms with Crippen molar-refractivity contribution in [3.63, 3.8) is 0 Å². The molecule has 4 unspecified atom stereocenters. The Morgan fingerprint density at radius 2 is 2.13 bits per heavy atom. The minimum Gasteiger partial charge on any atom is -0.392 e. The van der Waals surface area contributed by atoms with Gasteiger partial charge in [0.1, 0.15) is 6.17 Å². The van der Waals surface area contributed by atoms with E-state index in [-0.39, 0.29) is 23.5 Å². The molecular formula is C26H39F3N8O. The number of halogens is 3. The summed E-state index contributed by atoms with van der Waals surface area (Å²) in [5.74, 6) is 0.159. The fraction of sp³-hybridized carbons (Fsp3) is 0.577. The number of carbonyl (C=O) groups is 1. The molecule has 1 amide bonds. The van der Waals surface area contributed by atoms with Gasteiger partial charge in [0.15, 0.2) is 0 Å². The number of dihydropyridines is 1. The van der Waals surface area contributed by atoms with E-state index in [1.54, 1.807) is 12.3 Å². The molecule has 4 rings (SSSR count). The van der Waals surface area contributed by atoms with E-state index < -0.39 is 18.9 Å². The van der Waals surface area contributed by atoms with E-state index in [0.29, 0.717) is 18.7 Å². The monoisotopic (exact) mass is 536 g/mol. The average Bonchev–Trinajstić information content (AvgIpc) is 3.59. The van der Waals surface area contributed by atoms with Crippen LogP contribution >= 0.6 is 0 Å². The summed E-state index contributed by atoms with van der Waals surface area (Å²) in [6, 6.07) is -0.0381. The van der Waals surface area contributed by atoms with Crippen molar-refractivity contribution >= 4 is 5.91 Å². The first-order chi connectivity index (χ1) is 18.1. The van der Waals surface area contributed by atoms with Crippen LogP contribution in [0.3, 0.4) is 0 Å². The minimum atomic E-state index is -4.28. The number of amides is 1. The number of likely N-dealkylation sites (tertiary alicyclic amines) is 1. The van der Waals surface area contributed by atoms with Crippen molar-refractivity contribution < 1.29 is 18.0 Å². The number of alkyl halides is 3. The largest absolute Gasteiger partial charge is 0.401 e. The quantitative estimate of drug-likeness (QED) is 0.247. The third kappa shape index (κ3) is 5.87. The first-order valence-electron chi connectivity index (χ1n) is 13.0. The Labute approximate surface area is 222 Å². The lowest BCUT2D eigenvalue weighted by Gasteiger charge is -2.34. The molecule has 0 aliphatic carbocycles. The number of likely N-dealkylation sites (N-methyl/N-ethyl adjacent to an activating group) is 2. The van der Waals surface area contributed by atoms with E-state index in [1.807, 2.05) is 38.3 Å². The lowest BCUT2D eigenvalue weighted by Crippen LogP contribution is -2.51. The van der Waals surface area contributed by atoms with Gasteiger partial charge in [0.25, 0.3) is 0 Å². The molecule has 12 heteroatoms. The van der Waals surface area contributed by atoms with Crippen molar-refractivity contribution in [1.29, 1.82) is 0 Å². The number of nitrogens with zero attached hydrogens (tertiary/aromatic N) is 2. The summed E-state index contributed by atoms with van der Waals surface area (Å²) >= 11 is 0. The topological polar surface area (TPSA) is 95.7 Å². The Balaban J connectivity index is 1.42. The molecule has 4 aliphatic heterocycles. The smallest absolute Gasteiger partial charge is 0.392 e. The molecule has 2 fully saturated rings. The number of nitrogens with one attached hydrogen (secondary N) is 6. The molecule has 0 saturated carbocycles. The molecule has 0 aromatic carbocycles. The molecule has 4 atom stereocenters. The van der Waals surface area contributed by atoms with Crippen LogP contribution in [0.5, 0.6) is 0 Å². The van der Waals surface area contributed by atoms with Crippen molar-refractivity contribution in [1.82, 2.24) is 41.7 Å². The van der Waals surface area contributed by atoms with Gasteiger partial charge in [-0.25, -0.2) is 0 Å². The van der Waals surface area contributed by atoms with E-state index in [1.165, 1.54) is 0 Å². The number of hydrogen-bond donors (Lipinski definition) is 6. The molecule has 6 N–H and O–H groups in total. The molecule has 0 aromatic heterocycles. The van der Waals surface area contributed by atoms with Gasteiger partial charge in [0.05, 0.1) is 41.3 Å². The molecule has 0 aromatic rings. The summed E-state index contributed by atoms with van der Waals surface area (Å²) < 4.78 is 37.9. The van der Waals surface area contributed by atoms with Gasteiger partial charge in [0, 0.05) is 33.4 Å². The van der Waals surface area contributed by atoms with Gasteiger partial charge in [0.2, 0.25) is 5.91 Å². The fourth-order valence-electron chi connectivity index (χ4n) is 5.79. The Bertz CT molecular complexity index is 1030. The van der Waals surface area contributed by atoms with E-state index in [0.717, 1.165) is 42.9 Å². The van der Waals surface area contributed by atoms with Gasteiger partial charge in [-0.05, 0) is 56.8 Å². The van der Waals surface area contributed by atoms with E-state index in [4.69, 9.17) is 0 Å². The Morgan fingerprint density at radius 3 is 2.79 bits per heavy atom. The third-order valence-electron chi connectivity index (χ3n) is 7.77. The highest BCUT2D eigenvalue weighted by Crippen LogP contribution is 2.39. The minimum absolute atomic E-state index is 0.0381. The summed E-state index contributed by atoms with van der Waals surface area (Å²) in [4.78, 5) is 17.4. The SMILES string of the molecule is C=C(N/C(=C/NC)C(NC)N1CCC2(CCNC2)C1=O)C1=CCC(C2=CC(NCC(F)(F)F)NC=C2)N1C. The molecule has 210 valence electrons. The molecular weight excluding hydrogens is 497 g/mol. The first kappa shape index (κ1) is 28.1. The molecule has 0 radical (unpaired) electrons. The van der Waals surface area contributed by atoms with Crippen LogP contribution in [0, 0.1) is 5.41 Å². The van der Waals surface area contributed by atoms with Crippen molar-refractivity contribution in [2.24, 2.45) is 5.41 Å². The zero-order valence-electron chi connectivity index (χ0n) is 22.2. The Kier molecular flexibility index (Phi) is 8.43. The zero-order valence-corrected chi connectivity index (χ0v) is 22.2. The fourth-order valence-corrected chi connectivity index (χ4v) is 5.79. The lowest BCUT2D eigenvalue weighted by molar-refractivity contribution is -0.137. The number of hydrogen-bond acceptors (Lipinski definition) is 8. The Morgan fingerprint density at radius 1 is 1.34 bits per heavy atom. The van der Waals surface area contributed by atoms with Crippen molar-refractivity contribution in [3.05, 3.63) is 59.9 Å². The normalized spacial score (nSPS) is 28.5. The lowest BCUT2D eigenvalue weighted by atomic mass is 9.86. The molecule has 38 heavy (non-hydrogen) atoms.